The average molecular weight is 398 g/mol. The maximum atomic E-state index is 13.5. The van der Waals surface area contributed by atoms with E-state index in [-0.39, 0.29) is 11.7 Å². The van der Waals surface area contributed by atoms with Gasteiger partial charge in [0.25, 0.3) is 5.91 Å². The zero-order valence-corrected chi connectivity index (χ0v) is 16.3. The van der Waals surface area contributed by atoms with Crippen LogP contribution in [0.25, 0.3) is 11.3 Å². The van der Waals surface area contributed by atoms with Gasteiger partial charge in [0.15, 0.2) is 0 Å². The lowest BCUT2D eigenvalue weighted by Gasteiger charge is -2.10. The molecule has 1 heterocycles. The van der Waals surface area contributed by atoms with Crippen LogP contribution in [0.3, 0.4) is 0 Å². The summed E-state index contributed by atoms with van der Waals surface area (Å²) in [6.45, 7) is 1.95. The van der Waals surface area contributed by atoms with Gasteiger partial charge in [-0.25, -0.2) is 14.4 Å². The van der Waals surface area contributed by atoms with Crippen molar-refractivity contribution in [3.05, 3.63) is 102 Å². The lowest BCUT2D eigenvalue weighted by molar-refractivity contribution is 0.102. The molecule has 0 aliphatic heterocycles. The molecule has 0 radical (unpaired) electrons. The molecule has 0 aliphatic rings. The molecule has 6 heteroatoms. The van der Waals surface area contributed by atoms with Crippen molar-refractivity contribution in [3.8, 4) is 11.3 Å². The highest BCUT2D eigenvalue weighted by Gasteiger charge is 2.08. The molecule has 1 amide bonds. The largest absolute Gasteiger partial charge is 0.340 e. The molecule has 3 aromatic carbocycles. The van der Waals surface area contributed by atoms with E-state index in [4.69, 9.17) is 0 Å². The first-order chi connectivity index (χ1) is 14.6. The average Bonchev–Trinajstić information content (AvgIpc) is 2.76. The van der Waals surface area contributed by atoms with Gasteiger partial charge in [-0.2, -0.15) is 0 Å². The molecule has 0 unspecified atom stereocenters. The van der Waals surface area contributed by atoms with Crippen LogP contribution in [0.15, 0.2) is 85.2 Å². The summed E-state index contributed by atoms with van der Waals surface area (Å²) in [5, 5.41) is 6.09. The van der Waals surface area contributed by atoms with E-state index < -0.39 is 0 Å². The Morgan fingerprint density at radius 2 is 1.70 bits per heavy atom. The van der Waals surface area contributed by atoms with Gasteiger partial charge in [0, 0.05) is 28.6 Å². The fourth-order valence-electron chi connectivity index (χ4n) is 2.99. The highest BCUT2D eigenvalue weighted by molar-refractivity contribution is 6.04. The number of nitrogens with one attached hydrogen (secondary N) is 2. The number of amides is 1. The Hall–Kier alpha value is -4.06. The van der Waals surface area contributed by atoms with Crippen molar-refractivity contribution in [1.82, 2.24) is 9.97 Å². The lowest BCUT2D eigenvalue weighted by Crippen LogP contribution is -2.12. The second kappa shape index (κ2) is 8.53. The van der Waals surface area contributed by atoms with Gasteiger partial charge in [-0.3, -0.25) is 4.79 Å². The molecular weight excluding hydrogens is 379 g/mol. The third kappa shape index (κ3) is 4.50. The fourth-order valence-corrected chi connectivity index (χ4v) is 2.99. The summed E-state index contributed by atoms with van der Waals surface area (Å²) in [4.78, 5) is 20.9. The number of rotatable bonds is 5. The van der Waals surface area contributed by atoms with Gasteiger partial charge < -0.3 is 10.6 Å². The molecule has 0 saturated heterocycles. The number of hydrogen-bond acceptors (Lipinski definition) is 4. The first-order valence-corrected chi connectivity index (χ1v) is 9.40. The quantitative estimate of drug-likeness (QED) is 0.460. The van der Waals surface area contributed by atoms with E-state index in [9.17, 15) is 9.18 Å². The Morgan fingerprint density at radius 1 is 0.900 bits per heavy atom. The first-order valence-electron chi connectivity index (χ1n) is 9.40. The topological polar surface area (TPSA) is 66.9 Å². The Bertz CT molecular complexity index is 1190. The van der Waals surface area contributed by atoms with Crippen molar-refractivity contribution >= 4 is 23.1 Å². The Kier molecular flexibility index (Phi) is 5.48. The minimum Gasteiger partial charge on any atom is -0.340 e. The minimum absolute atomic E-state index is 0.175. The minimum atomic E-state index is -0.319. The van der Waals surface area contributed by atoms with Gasteiger partial charge in [-0.15, -0.1) is 0 Å². The van der Waals surface area contributed by atoms with Crippen molar-refractivity contribution in [2.75, 3.05) is 10.6 Å². The maximum Gasteiger partial charge on any atom is 0.255 e. The van der Waals surface area contributed by atoms with E-state index in [1.165, 1.54) is 18.5 Å². The summed E-state index contributed by atoms with van der Waals surface area (Å²) in [6, 6.07) is 22.7. The summed E-state index contributed by atoms with van der Waals surface area (Å²) in [6.07, 6.45) is 1.42. The number of anilines is 3. The fraction of sp³-hybridized carbons (Fsp3) is 0.0417. The molecule has 4 aromatic rings. The summed E-state index contributed by atoms with van der Waals surface area (Å²) >= 11 is 0. The Balaban J connectivity index is 1.47. The van der Waals surface area contributed by atoms with Crippen LogP contribution in [-0.2, 0) is 0 Å². The van der Waals surface area contributed by atoms with Crippen LogP contribution >= 0.6 is 0 Å². The third-order valence-electron chi connectivity index (χ3n) is 4.60. The van der Waals surface area contributed by atoms with Crippen LogP contribution in [0.5, 0.6) is 0 Å². The molecule has 0 fully saturated rings. The summed E-state index contributed by atoms with van der Waals surface area (Å²) in [5.74, 6) is 0.0767. The van der Waals surface area contributed by atoms with E-state index in [1.54, 1.807) is 42.5 Å². The molecule has 0 spiro atoms. The van der Waals surface area contributed by atoms with E-state index >= 15 is 0 Å². The van der Waals surface area contributed by atoms with Crippen LogP contribution in [0.1, 0.15) is 15.9 Å². The third-order valence-corrected chi connectivity index (χ3v) is 4.60. The normalized spacial score (nSPS) is 10.5. The number of carbonyl (C=O) groups is 1. The number of aromatic nitrogens is 2. The van der Waals surface area contributed by atoms with E-state index in [0.29, 0.717) is 22.6 Å². The second-order valence-corrected chi connectivity index (χ2v) is 6.77. The van der Waals surface area contributed by atoms with Crippen molar-refractivity contribution in [3.63, 3.8) is 0 Å². The molecule has 0 bridgehead atoms. The molecule has 30 heavy (non-hydrogen) atoms. The number of nitrogens with zero attached hydrogens (tertiary/aromatic N) is 2. The Labute approximate surface area is 173 Å². The molecule has 5 nitrogen and oxygen atoms in total. The van der Waals surface area contributed by atoms with Crippen LogP contribution in [0.2, 0.25) is 0 Å². The zero-order chi connectivity index (χ0) is 20.9. The predicted molar refractivity (Wildman–Crippen MR) is 116 cm³/mol. The first kappa shape index (κ1) is 19.3. The van der Waals surface area contributed by atoms with Crippen LogP contribution in [0, 0.1) is 12.7 Å². The highest BCUT2D eigenvalue weighted by Crippen LogP contribution is 2.22. The van der Waals surface area contributed by atoms with Crippen molar-refractivity contribution in [1.29, 1.82) is 0 Å². The van der Waals surface area contributed by atoms with Gasteiger partial charge in [0.1, 0.15) is 18.0 Å². The van der Waals surface area contributed by atoms with Crippen LogP contribution < -0.4 is 10.6 Å². The van der Waals surface area contributed by atoms with Gasteiger partial charge in [0.2, 0.25) is 0 Å². The van der Waals surface area contributed by atoms with Gasteiger partial charge in [-0.1, -0.05) is 30.3 Å². The second-order valence-electron chi connectivity index (χ2n) is 6.77. The van der Waals surface area contributed by atoms with E-state index in [0.717, 1.165) is 16.9 Å². The van der Waals surface area contributed by atoms with E-state index in [2.05, 4.69) is 20.6 Å². The number of benzene rings is 3. The lowest BCUT2D eigenvalue weighted by atomic mass is 10.1. The van der Waals surface area contributed by atoms with E-state index in [1.807, 2.05) is 31.2 Å². The van der Waals surface area contributed by atoms with Crippen LogP contribution in [0.4, 0.5) is 21.6 Å². The molecule has 0 saturated carbocycles. The molecular formula is C24H19FN4O. The number of aryl methyl sites for hydroxylation is 1. The van der Waals surface area contributed by atoms with Gasteiger partial charge >= 0.3 is 0 Å². The van der Waals surface area contributed by atoms with Gasteiger partial charge in [0.05, 0.1) is 5.69 Å². The van der Waals surface area contributed by atoms with Gasteiger partial charge in [-0.05, 0) is 55.0 Å². The summed E-state index contributed by atoms with van der Waals surface area (Å²) in [5.41, 5.74) is 4.39. The monoisotopic (exact) mass is 398 g/mol. The molecule has 148 valence electrons. The number of para-hydroxylation sites is 1. The summed E-state index contributed by atoms with van der Waals surface area (Å²) in [7, 11) is 0. The Morgan fingerprint density at radius 3 is 2.47 bits per heavy atom. The standard InChI is InChI=1S/C24H19FN4O/c1-16-5-2-3-8-21(16)29-24(30)17-9-11-20(12-10-17)28-23-14-22(26-15-27-23)18-6-4-7-19(25)13-18/h2-15H,1H3,(H,29,30)(H,26,27,28). The highest BCUT2D eigenvalue weighted by atomic mass is 19.1. The molecule has 0 atom stereocenters. The molecule has 2 N–H and O–H groups in total. The number of carbonyl (C=O) groups excluding carboxylic acids is 1. The molecule has 0 aliphatic carbocycles. The van der Waals surface area contributed by atoms with Crippen LogP contribution in [-0.4, -0.2) is 15.9 Å². The summed E-state index contributed by atoms with van der Waals surface area (Å²) < 4.78 is 13.5. The van der Waals surface area contributed by atoms with Crippen molar-refractivity contribution in [2.45, 2.75) is 6.92 Å². The van der Waals surface area contributed by atoms with Crippen molar-refractivity contribution in [2.24, 2.45) is 0 Å². The number of halogens is 1. The zero-order valence-electron chi connectivity index (χ0n) is 16.3. The number of hydrogen-bond donors (Lipinski definition) is 2. The smallest absolute Gasteiger partial charge is 0.255 e. The molecule has 4 rings (SSSR count). The molecule has 1 aromatic heterocycles. The predicted octanol–water partition coefficient (Wildman–Crippen LogP) is 5.59. The maximum absolute atomic E-state index is 13.5. The van der Waals surface area contributed by atoms with Crippen molar-refractivity contribution < 1.29 is 9.18 Å². The SMILES string of the molecule is Cc1ccccc1NC(=O)c1ccc(Nc2cc(-c3cccc(F)c3)ncn2)cc1.